The van der Waals surface area contributed by atoms with Crippen LogP contribution >= 0.6 is 11.6 Å². The van der Waals surface area contributed by atoms with Crippen LogP contribution in [-0.4, -0.2) is 54.7 Å². The number of carboxylic acid groups (broad SMARTS) is 1. The zero-order valence-corrected chi connectivity index (χ0v) is 9.04. The summed E-state index contributed by atoms with van der Waals surface area (Å²) in [6, 6.07) is 0. The van der Waals surface area contributed by atoms with Crippen LogP contribution in [0.5, 0.6) is 0 Å². The minimum atomic E-state index is -0.943. The molecule has 2 unspecified atom stereocenters. The molecule has 1 heterocycles. The van der Waals surface area contributed by atoms with Crippen LogP contribution in [-0.2, 0) is 9.53 Å². The second kappa shape index (κ2) is 5.53. The van der Waals surface area contributed by atoms with E-state index in [9.17, 15) is 4.79 Å². The highest BCUT2D eigenvalue weighted by Crippen LogP contribution is 2.17. The second-order valence-electron chi connectivity index (χ2n) is 3.68. The third kappa shape index (κ3) is 3.44. The predicted octanol–water partition coefficient (Wildman–Crippen LogP) is 0.647. The monoisotopic (exact) mass is 221 g/mol. The van der Waals surface area contributed by atoms with Gasteiger partial charge in [-0.05, 0) is 18.9 Å². The van der Waals surface area contributed by atoms with Crippen molar-refractivity contribution in [2.75, 3.05) is 33.4 Å². The molecule has 0 radical (unpaired) electrons. The Balaban J connectivity index is 2.25. The molecule has 14 heavy (non-hydrogen) atoms. The molecule has 0 aliphatic carbocycles. The molecule has 82 valence electrons. The molecule has 0 aromatic rings. The Bertz CT molecular complexity index is 200. The zero-order valence-electron chi connectivity index (χ0n) is 8.28. The van der Waals surface area contributed by atoms with E-state index in [1.54, 1.807) is 7.11 Å². The van der Waals surface area contributed by atoms with E-state index >= 15 is 0 Å². The van der Waals surface area contributed by atoms with E-state index in [2.05, 4.69) is 4.90 Å². The molecule has 1 saturated heterocycles. The zero-order chi connectivity index (χ0) is 10.6. The average Bonchev–Trinajstić information content (AvgIpc) is 2.53. The summed E-state index contributed by atoms with van der Waals surface area (Å²) < 4.78 is 5.05. The number of aliphatic carboxylic acids is 1. The molecule has 0 aromatic heterocycles. The molecule has 1 N–H and O–H groups in total. The molecule has 1 aliphatic heterocycles. The van der Waals surface area contributed by atoms with Gasteiger partial charge in [0.05, 0.1) is 6.61 Å². The van der Waals surface area contributed by atoms with E-state index in [0.717, 1.165) is 26.1 Å². The molecule has 4 nitrogen and oxygen atoms in total. The molecule has 1 aliphatic rings. The number of methoxy groups -OCH3 is 1. The van der Waals surface area contributed by atoms with Gasteiger partial charge in [-0.3, -0.25) is 4.79 Å². The summed E-state index contributed by atoms with van der Waals surface area (Å²) in [6.07, 6.45) is 1.07. The molecule has 2 atom stereocenters. The molecule has 0 bridgehead atoms. The summed E-state index contributed by atoms with van der Waals surface area (Å²) in [5.41, 5.74) is 0. The van der Waals surface area contributed by atoms with E-state index in [-0.39, 0.29) is 0 Å². The molecule has 1 fully saturated rings. The maximum Gasteiger partial charge on any atom is 0.322 e. The molecular weight excluding hydrogens is 206 g/mol. The highest BCUT2D eigenvalue weighted by molar-refractivity contribution is 6.29. The molecule has 0 aromatic carbocycles. The van der Waals surface area contributed by atoms with E-state index in [4.69, 9.17) is 21.4 Å². The van der Waals surface area contributed by atoms with Crippen molar-refractivity contribution in [1.29, 1.82) is 0 Å². The van der Waals surface area contributed by atoms with Crippen molar-refractivity contribution in [2.24, 2.45) is 5.92 Å². The Labute approximate surface area is 88.8 Å². The smallest absolute Gasteiger partial charge is 0.322 e. The van der Waals surface area contributed by atoms with E-state index < -0.39 is 11.3 Å². The average molecular weight is 222 g/mol. The molecule has 0 spiro atoms. The summed E-state index contributed by atoms with van der Waals surface area (Å²) in [5.74, 6) is -0.417. The molecular formula is C9H16ClNO3. The number of rotatable bonds is 5. The summed E-state index contributed by atoms with van der Waals surface area (Å²) >= 11 is 5.65. The van der Waals surface area contributed by atoms with Gasteiger partial charge in [-0.15, -0.1) is 11.6 Å². The quantitative estimate of drug-likeness (QED) is 0.693. The molecule has 0 saturated carbocycles. The fraction of sp³-hybridized carbons (Fsp3) is 0.889. The van der Waals surface area contributed by atoms with Gasteiger partial charge in [0.2, 0.25) is 0 Å². The SMILES string of the molecule is COCC1CCN(CC(Cl)C(=O)O)C1. The lowest BCUT2D eigenvalue weighted by Gasteiger charge is -2.16. The topological polar surface area (TPSA) is 49.8 Å². The second-order valence-corrected chi connectivity index (χ2v) is 4.20. The van der Waals surface area contributed by atoms with E-state index in [0.29, 0.717) is 12.5 Å². The van der Waals surface area contributed by atoms with E-state index in [1.807, 2.05) is 0 Å². The minimum Gasteiger partial charge on any atom is -0.480 e. The number of ether oxygens (including phenoxy) is 1. The van der Waals surface area contributed by atoms with Gasteiger partial charge in [0.15, 0.2) is 0 Å². The highest BCUT2D eigenvalue weighted by atomic mass is 35.5. The van der Waals surface area contributed by atoms with Crippen LogP contribution in [0.1, 0.15) is 6.42 Å². The third-order valence-electron chi connectivity index (χ3n) is 2.46. The first kappa shape index (κ1) is 11.8. The lowest BCUT2D eigenvalue weighted by Crippen LogP contribution is -2.32. The standard InChI is InChI=1S/C9H16ClNO3/c1-14-6-7-2-3-11(4-7)5-8(10)9(12)13/h7-8H,2-6H2,1H3,(H,12,13). The number of halogens is 1. The molecule has 5 heteroatoms. The molecule has 1 rings (SSSR count). The lowest BCUT2D eigenvalue weighted by atomic mass is 10.1. The summed E-state index contributed by atoms with van der Waals surface area (Å²) in [7, 11) is 1.68. The highest BCUT2D eigenvalue weighted by Gasteiger charge is 2.26. The van der Waals surface area contributed by atoms with Gasteiger partial charge in [0.25, 0.3) is 0 Å². The van der Waals surface area contributed by atoms with Crippen LogP contribution in [0.4, 0.5) is 0 Å². The fourth-order valence-corrected chi connectivity index (χ4v) is 1.95. The number of likely N-dealkylation sites (tertiary alicyclic amines) is 1. The van der Waals surface area contributed by atoms with Crippen molar-refractivity contribution in [3.05, 3.63) is 0 Å². The largest absolute Gasteiger partial charge is 0.480 e. The first-order valence-corrected chi connectivity index (χ1v) is 5.15. The maximum atomic E-state index is 10.5. The number of hydrogen-bond acceptors (Lipinski definition) is 3. The Hall–Kier alpha value is -0.320. The number of nitrogens with zero attached hydrogens (tertiary/aromatic N) is 1. The van der Waals surface area contributed by atoms with Gasteiger partial charge in [0, 0.05) is 20.2 Å². The van der Waals surface area contributed by atoms with Crippen molar-refractivity contribution in [1.82, 2.24) is 4.90 Å². The Kier molecular flexibility index (Phi) is 4.65. The van der Waals surface area contributed by atoms with Gasteiger partial charge >= 0.3 is 5.97 Å². The lowest BCUT2D eigenvalue weighted by molar-refractivity contribution is -0.136. The van der Waals surface area contributed by atoms with Crippen LogP contribution in [0.3, 0.4) is 0 Å². The maximum absolute atomic E-state index is 10.5. The van der Waals surface area contributed by atoms with Crippen LogP contribution < -0.4 is 0 Å². The fourth-order valence-electron chi connectivity index (χ4n) is 1.76. The number of carboxylic acids is 1. The first-order chi connectivity index (χ1) is 6.63. The normalized spacial score (nSPS) is 25.1. The van der Waals surface area contributed by atoms with Gasteiger partial charge < -0.3 is 14.7 Å². The predicted molar refractivity (Wildman–Crippen MR) is 53.7 cm³/mol. The van der Waals surface area contributed by atoms with E-state index in [1.165, 1.54) is 0 Å². The number of alkyl halides is 1. The van der Waals surface area contributed by atoms with Crippen molar-refractivity contribution in [3.63, 3.8) is 0 Å². The third-order valence-corrected chi connectivity index (χ3v) is 2.78. The van der Waals surface area contributed by atoms with Crippen molar-refractivity contribution >= 4 is 17.6 Å². The van der Waals surface area contributed by atoms with Gasteiger partial charge in [-0.2, -0.15) is 0 Å². The summed E-state index contributed by atoms with van der Waals surface area (Å²) in [6.45, 7) is 2.99. The van der Waals surface area contributed by atoms with Crippen molar-refractivity contribution in [3.8, 4) is 0 Å². The van der Waals surface area contributed by atoms with Crippen LogP contribution in [0.2, 0.25) is 0 Å². The summed E-state index contributed by atoms with van der Waals surface area (Å²) in [4.78, 5) is 12.6. The van der Waals surface area contributed by atoms with Crippen molar-refractivity contribution in [2.45, 2.75) is 11.8 Å². The Morgan fingerprint density at radius 1 is 1.79 bits per heavy atom. The van der Waals surface area contributed by atoms with Crippen LogP contribution in [0.25, 0.3) is 0 Å². The molecule has 0 amide bonds. The Morgan fingerprint density at radius 3 is 3.07 bits per heavy atom. The Morgan fingerprint density at radius 2 is 2.50 bits per heavy atom. The minimum absolute atomic E-state index is 0.428. The number of hydrogen-bond donors (Lipinski definition) is 1. The van der Waals surface area contributed by atoms with Crippen molar-refractivity contribution < 1.29 is 14.6 Å². The van der Waals surface area contributed by atoms with Gasteiger partial charge in [-0.25, -0.2) is 0 Å². The summed E-state index contributed by atoms with van der Waals surface area (Å²) in [5, 5.41) is 7.83. The first-order valence-electron chi connectivity index (χ1n) is 4.71. The van der Waals surface area contributed by atoms with Crippen LogP contribution in [0.15, 0.2) is 0 Å². The van der Waals surface area contributed by atoms with Gasteiger partial charge in [-0.1, -0.05) is 0 Å². The van der Waals surface area contributed by atoms with Crippen LogP contribution in [0, 0.1) is 5.92 Å². The number of carbonyl (C=O) groups is 1. The van der Waals surface area contributed by atoms with Gasteiger partial charge in [0.1, 0.15) is 5.38 Å².